The molecule has 0 spiro atoms. The summed E-state index contributed by atoms with van der Waals surface area (Å²) in [5.74, 6) is 0.390. The van der Waals surface area contributed by atoms with Crippen molar-refractivity contribution in [2.75, 3.05) is 11.9 Å². The first kappa shape index (κ1) is 19.9. The van der Waals surface area contributed by atoms with Crippen LogP contribution in [0.2, 0.25) is 0 Å². The highest BCUT2D eigenvalue weighted by Gasteiger charge is 2.16. The molecular weight excluding hydrogens is 372 g/mol. The van der Waals surface area contributed by atoms with E-state index in [2.05, 4.69) is 36.3 Å². The Hall–Kier alpha value is -2.86. The average molecular weight is 397 g/mol. The second-order valence-corrected chi connectivity index (χ2v) is 7.80. The van der Waals surface area contributed by atoms with Gasteiger partial charge in [0.05, 0.1) is 18.7 Å². The lowest BCUT2D eigenvalue weighted by molar-refractivity contribution is -0.136. The molecule has 2 aromatic carbocycles. The van der Waals surface area contributed by atoms with Gasteiger partial charge >= 0.3 is 5.97 Å². The average Bonchev–Trinajstić information content (AvgIpc) is 3.05. The number of aliphatic carboxylic acids is 1. The Labute approximate surface area is 169 Å². The third-order valence-electron chi connectivity index (χ3n) is 4.28. The molecule has 1 aromatic heterocycles. The number of nitrogens with zero attached hydrogens (tertiary/aromatic N) is 1. The third-order valence-corrected chi connectivity index (χ3v) is 5.25. The highest BCUT2D eigenvalue weighted by molar-refractivity contribution is 7.16. The van der Waals surface area contributed by atoms with Gasteiger partial charge < -0.3 is 15.2 Å². The first-order valence-corrected chi connectivity index (χ1v) is 10.1. The van der Waals surface area contributed by atoms with E-state index in [1.54, 1.807) is 0 Å². The molecule has 0 aliphatic carbocycles. The number of hydrogen-bond acceptors (Lipinski definition) is 5. The SMILES string of the molecule is CCOc1ccc(Nc2nc(-c3ccc(C(C)C)cc3)c(CC(=O)O)s2)cc1. The number of carbonyl (C=O) groups is 1. The van der Waals surface area contributed by atoms with Gasteiger partial charge in [-0.3, -0.25) is 4.79 Å². The lowest BCUT2D eigenvalue weighted by Crippen LogP contribution is -1.99. The van der Waals surface area contributed by atoms with Gasteiger partial charge in [0.25, 0.3) is 0 Å². The van der Waals surface area contributed by atoms with Gasteiger partial charge in [-0.15, -0.1) is 11.3 Å². The van der Waals surface area contributed by atoms with Gasteiger partial charge in [-0.2, -0.15) is 0 Å². The topological polar surface area (TPSA) is 71.5 Å². The molecule has 6 heteroatoms. The van der Waals surface area contributed by atoms with Crippen LogP contribution in [-0.2, 0) is 11.2 Å². The Balaban J connectivity index is 1.87. The van der Waals surface area contributed by atoms with Crippen LogP contribution in [0.4, 0.5) is 10.8 Å². The minimum atomic E-state index is -0.865. The lowest BCUT2D eigenvalue weighted by atomic mass is 10.0. The van der Waals surface area contributed by atoms with E-state index in [-0.39, 0.29) is 6.42 Å². The monoisotopic (exact) mass is 396 g/mol. The van der Waals surface area contributed by atoms with Crippen LogP contribution < -0.4 is 10.1 Å². The quantitative estimate of drug-likeness (QED) is 0.511. The van der Waals surface area contributed by atoms with E-state index in [1.807, 2.05) is 43.3 Å². The maximum Gasteiger partial charge on any atom is 0.308 e. The zero-order chi connectivity index (χ0) is 20.1. The van der Waals surface area contributed by atoms with Gasteiger partial charge in [0.2, 0.25) is 0 Å². The maximum atomic E-state index is 11.3. The Bertz CT molecular complexity index is 931. The van der Waals surface area contributed by atoms with Crippen LogP contribution in [0.1, 0.15) is 37.1 Å². The van der Waals surface area contributed by atoms with Gasteiger partial charge in [-0.1, -0.05) is 38.1 Å². The number of aromatic nitrogens is 1. The number of carboxylic acids is 1. The number of thiazole rings is 1. The van der Waals surface area contributed by atoms with E-state index in [0.717, 1.165) is 27.6 Å². The number of anilines is 2. The normalized spacial score (nSPS) is 10.9. The number of nitrogens with one attached hydrogen (secondary N) is 1. The number of benzene rings is 2. The molecule has 28 heavy (non-hydrogen) atoms. The second kappa shape index (κ2) is 8.89. The molecule has 0 aliphatic rings. The van der Waals surface area contributed by atoms with Gasteiger partial charge in [0.15, 0.2) is 5.13 Å². The fraction of sp³-hybridized carbons (Fsp3) is 0.273. The Kier molecular flexibility index (Phi) is 6.31. The molecule has 0 unspecified atom stereocenters. The Morgan fingerprint density at radius 2 is 1.82 bits per heavy atom. The van der Waals surface area contributed by atoms with E-state index in [1.165, 1.54) is 16.9 Å². The third kappa shape index (κ3) is 4.89. The first-order valence-electron chi connectivity index (χ1n) is 9.28. The molecule has 0 bridgehead atoms. The van der Waals surface area contributed by atoms with Crippen molar-refractivity contribution in [3.05, 3.63) is 59.0 Å². The van der Waals surface area contributed by atoms with Crippen LogP contribution in [0.3, 0.4) is 0 Å². The summed E-state index contributed by atoms with van der Waals surface area (Å²) in [6, 6.07) is 15.8. The molecule has 0 aliphatic heterocycles. The molecule has 0 fully saturated rings. The Morgan fingerprint density at radius 3 is 2.39 bits per heavy atom. The fourth-order valence-electron chi connectivity index (χ4n) is 2.84. The highest BCUT2D eigenvalue weighted by atomic mass is 32.1. The molecule has 5 nitrogen and oxygen atoms in total. The van der Waals surface area contributed by atoms with Gasteiger partial charge in [0, 0.05) is 16.1 Å². The summed E-state index contributed by atoms with van der Waals surface area (Å²) in [6.07, 6.45) is -0.0517. The van der Waals surface area contributed by atoms with Crippen molar-refractivity contribution in [1.29, 1.82) is 0 Å². The van der Waals surface area contributed by atoms with Crippen molar-refractivity contribution >= 4 is 28.1 Å². The summed E-state index contributed by atoms with van der Waals surface area (Å²) in [5.41, 5.74) is 3.76. The van der Waals surface area contributed by atoms with Gasteiger partial charge in [0.1, 0.15) is 5.75 Å². The smallest absolute Gasteiger partial charge is 0.308 e. The van der Waals surface area contributed by atoms with Crippen LogP contribution >= 0.6 is 11.3 Å². The van der Waals surface area contributed by atoms with Crippen LogP contribution in [-0.4, -0.2) is 22.7 Å². The van der Waals surface area contributed by atoms with E-state index in [4.69, 9.17) is 4.74 Å². The van der Waals surface area contributed by atoms with E-state index in [9.17, 15) is 9.90 Å². The zero-order valence-electron chi connectivity index (χ0n) is 16.2. The van der Waals surface area contributed by atoms with Gasteiger partial charge in [-0.25, -0.2) is 4.98 Å². The van der Waals surface area contributed by atoms with E-state index < -0.39 is 5.97 Å². The van der Waals surface area contributed by atoms with Crippen LogP contribution in [0.15, 0.2) is 48.5 Å². The predicted molar refractivity (Wildman–Crippen MR) is 114 cm³/mol. The standard InChI is InChI=1S/C22H24N2O3S/c1-4-27-18-11-9-17(10-12-18)23-22-24-21(19(28-22)13-20(25)26)16-7-5-15(6-8-16)14(2)3/h5-12,14H,4,13H2,1-3H3,(H,23,24)(H,25,26). The summed E-state index contributed by atoms with van der Waals surface area (Å²) in [7, 11) is 0. The molecule has 146 valence electrons. The molecular formula is C22H24N2O3S. The first-order chi connectivity index (χ1) is 13.5. The largest absolute Gasteiger partial charge is 0.494 e. The molecule has 0 amide bonds. The lowest BCUT2D eigenvalue weighted by Gasteiger charge is -2.06. The van der Waals surface area contributed by atoms with Crippen LogP contribution in [0.5, 0.6) is 5.75 Å². The number of hydrogen-bond donors (Lipinski definition) is 2. The number of ether oxygens (including phenoxy) is 1. The Morgan fingerprint density at radius 1 is 1.14 bits per heavy atom. The fourth-order valence-corrected chi connectivity index (χ4v) is 3.83. The minimum absolute atomic E-state index is 0.0517. The molecule has 0 saturated heterocycles. The van der Waals surface area contributed by atoms with Gasteiger partial charge in [-0.05, 0) is 42.7 Å². The van der Waals surface area contributed by atoms with Crippen molar-refractivity contribution < 1.29 is 14.6 Å². The molecule has 1 heterocycles. The summed E-state index contributed by atoms with van der Waals surface area (Å²) >= 11 is 1.37. The number of carboxylic acid groups (broad SMARTS) is 1. The van der Waals surface area contributed by atoms with Crippen LogP contribution in [0.25, 0.3) is 11.3 Å². The molecule has 3 rings (SSSR count). The zero-order valence-corrected chi connectivity index (χ0v) is 17.0. The summed E-state index contributed by atoms with van der Waals surface area (Å²) in [6.45, 7) is 6.86. The maximum absolute atomic E-state index is 11.3. The summed E-state index contributed by atoms with van der Waals surface area (Å²) in [5, 5.41) is 13.2. The van der Waals surface area contributed by atoms with Crippen molar-refractivity contribution in [2.45, 2.75) is 33.1 Å². The minimum Gasteiger partial charge on any atom is -0.494 e. The van der Waals surface area contributed by atoms with Crippen molar-refractivity contribution in [1.82, 2.24) is 4.98 Å². The van der Waals surface area contributed by atoms with Crippen molar-refractivity contribution in [3.8, 4) is 17.0 Å². The van der Waals surface area contributed by atoms with E-state index in [0.29, 0.717) is 17.7 Å². The van der Waals surface area contributed by atoms with Crippen molar-refractivity contribution in [2.24, 2.45) is 0 Å². The second-order valence-electron chi connectivity index (χ2n) is 6.72. The molecule has 0 atom stereocenters. The summed E-state index contributed by atoms with van der Waals surface area (Å²) < 4.78 is 5.46. The van der Waals surface area contributed by atoms with Crippen LogP contribution in [0, 0.1) is 0 Å². The number of rotatable bonds is 8. The van der Waals surface area contributed by atoms with Crippen molar-refractivity contribution in [3.63, 3.8) is 0 Å². The van der Waals surface area contributed by atoms with E-state index >= 15 is 0 Å². The highest BCUT2D eigenvalue weighted by Crippen LogP contribution is 2.34. The summed E-state index contributed by atoms with van der Waals surface area (Å²) in [4.78, 5) is 16.7. The molecule has 0 saturated carbocycles. The molecule has 3 aromatic rings. The predicted octanol–water partition coefficient (Wildman–Crippen LogP) is 5.70. The molecule has 2 N–H and O–H groups in total. The molecule has 0 radical (unpaired) electrons.